The summed E-state index contributed by atoms with van der Waals surface area (Å²) in [5.74, 6) is -1.67. The Morgan fingerprint density at radius 1 is 0.886 bits per heavy atom. The van der Waals surface area contributed by atoms with Crippen LogP contribution in [0.2, 0.25) is 0 Å². The van der Waals surface area contributed by atoms with Crippen LogP contribution in [-0.4, -0.2) is 43.6 Å². The van der Waals surface area contributed by atoms with E-state index in [4.69, 9.17) is 14.3 Å². The van der Waals surface area contributed by atoms with Crippen molar-refractivity contribution in [3.63, 3.8) is 0 Å². The summed E-state index contributed by atoms with van der Waals surface area (Å²) in [4.78, 5) is 36.0. The van der Waals surface area contributed by atoms with E-state index in [1.807, 2.05) is 4.72 Å². The molecule has 12 heteroatoms. The number of carbonyl (C=O) groups excluding carboxylic acids is 2. The average Bonchev–Trinajstić information content (AvgIpc) is 3.29. The van der Waals surface area contributed by atoms with Crippen molar-refractivity contribution in [2.45, 2.75) is 58.5 Å². The number of benzene rings is 3. The number of nitrogens with one attached hydrogen (secondary N) is 3. The van der Waals surface area contributed by atoms with Gasteiger partial charge in [-0.1, -0.05) is 50.6 Å². The van der Waals surface area contributed by atoms with Gasteiger partial charge in [0.05, 0.1) is 10.6 Å². The summed E-state index contributed by atoms with van der Waals surface area (Å²) in [7, 11) is -3.94. The van der Waals surface area contributed by atoms with Gasteiger partial charge in [-0.05, 0) is 75.2 Å². The lowest BCUT2D eigenvalue weighted by atomic mass is 10.1. The minimum Gasteiger partial charge on any atom is -0.480 e. The van der Waals surface area contributed by atoms with Crippen molar-refractivity contribution in [1.29, 1.82) is 0 Å². The largest absolute Gasteiger partial charge is 0.480 e. The molecule has 44 heavy (non-hydrogen) atoms. The van der Waals surface area contributed by atoms with E-state index >= 15 is 0 Å². The van der Waals surface area contributed by atoms with Gasteiger partial charge in [-0.25, -0.2) is 13.2 Å². The van der Waals surface area contributed by atoms with E-state index < -0.39 is 40.1 Å². The van der Waals surface area contributed by atoms with Gasteiger partial charge in [-0.15, -0.1) is 0 Å². The molecule has 11 nitrogen and oxygen atoms in total. The van der Waals surface area contributed by atoms with Crippen LogP contribution < -0.4 is 15.4 Å². The van der Waals surface area contributed by atoms with Crippen molar-refractivity contribution in [3.05, 3.63) is 78.1 Å². The maximum atomic E-state index is 13.1. The zero-order chi connectivity index (χ0) is 32.7. The lowest BCUT2D eigenvalue weighted by Gasteiger charge is -2.19. The van der Waals surface area contributed by atoms with Crippen molar-refractivity contribution in [2.75, 3.05) is 17.2 Å². The van der Waals surface area contributed by atoms with Gasteiger partial charge in [0.15, 0.2) is 5.76 Å². The molecule has 1 aromatic heterocycles. The van der Waals surface area contributed by atoms with Crippen LogP contribution in [0.4, 0.5) is 16.2 Å². The molecule has 0 saturated heterocycles. The molecule has 1 heterocycles. The Kier molecular flexibility index (Phi) is 10.9. The predicted octanol–water partition coefficient (Wildman–Crippen LogP) is 6.79. The molecule has 0 atom stereocenters. The highest BCUT2D eigenvalue weighted by Gasteiger charge is 2.22. The number of aryl methyl sites for hydroxylation is 1. The minimum atomic E-state index is -3.94. The van der Waals surface area contributed by atoms with Crippen molar-refractivity contribution in [1.82, 2.24) is 4.72 Å². The predicted molar refractivity (Wildman–Crippen MR) is 169 cm³/mol. The Morgan fingerprint density at radius 2 is 1.45 bits per heavy atom. The molecule has 0 spiro atoms. The lowest BCUT2D eigenvalue weighted by molar-refractivity contribution is -0.135. The van der Waals surface area contributed by atoms with Gasteiger partial charge < -0.3 is 19.6 Å². The van der Waals surface area contributed by atoms with Gasteiger partial charge in [0.2, 0.25) is 10.0 Å². The van der Waals surface area contributed by atoms with Crippen LogP contribution in [0.1, 0.15) is 57.2 Å². The number of amides is 2. The number of rotatable bonds is 8. The normalized spacial score (nSPS) is 11.3. The van der Waals surface area contributed by atoms with Gasteiger partial charge in [0.25, 0.3) is 5.91 Å². The molecule has 0 aliphatic rings. The molecule has 0 radical (unpaired) electrons. The fourth-order valence-corrected chi connectivity index (χ4v) is 5.01. The highest BCUT2D eigenvalue weighted by molar-refractivity contribution is 7.89. The van der Waals surface area contributed by atoms with E-state index in [9.17, 15) is 22.8 Å². The fourth-order valence-electron chi connectivity index (χ4n) is 4.04. The summed E-state index contributed by atoms with van der Waals surface area (Å²) in [6.07, 6.45) is 0.628. The average molecular weight is 624 g/mol. The summed E-state index contributed by atoms with van der Waals surface area (Å²) >= 11 is 0. The quantitative estimate of drug-likeness (QED) is 0.167. The van der Waals surface area contributed by atoms with Gasteiger partial charge in [0, 0.05) is 16.6 Å². The summed E-state index contributed by atoms with van der Waals surface area (Å²) in [6, 6.07) is 18.0. The first-order valence-electron chi connectivity index (χ1n) is 13.9. The van der Waals surface area contributed by atoms with Crippen LogP contribution >= 0.6 is 0 Å². The van der Waals surface area contributed by atoms with E-state index in [1.54, 1.807) is 82.3 Å². The number of carboxylic acids is 1. The summed E-state index contributed by atoms with van der Waals surface area (Å²) in [6.45, 7) is 10.6. The molecular formula is C32H37N3O8S. The molecule has 234 valence electrons. The maximum Gasteiger partial charge on any atom is 0.412 e. The first kappa shape index (κ1) is 33.8. The smallest absolute Gasteiger partial charge is 0.412 e. The number of furan rings is 1. The van der Waals surface area contributed by atoms with E-state index in [-0.39, 0.29) is 10.7 Å². The highest BCUT2D eigenvalue weighted by atomic mass is 32.2. The van der Waals surface area contributed by atoms with Crippen LogP contribution in [0.25, 0.3) is 22.1 Å². The second kappa shape index (κ2) is 14.2. The number of aliphatic carboxylic acids is 1. The molecule has 0 saturated carbocycles. The third-order valence-corrected chi connectivity index (χ3v) is 7.27. The Morgan fingerprint density at radius 3 is 2.00 bits per heavy atom. The molecule has 4 aromatic rings. The molecule has 2 amide bonds. The number of carbonyl (C=O) groups is 3. The standard InChI is InChI=1S/C29H29N3O8S.C3H8/c1-17-25-22(32-28(36)40-29(2,3)4)6-5-7-23(25)39-26(17)27(35)31-20-12-8-18(9-13-20)19-10-14-21(15-11-19)41(37,38)30-16-24(33)34;1-3-2/h5-15,30H,16H2,1-4H3,(H,31,35)(H,32,36)(H,33,34);3H2,1-2H3. The Hall–Kier alpha value is -4.68. The van der Waals surface area contributed by atoms with Crippen LogP contribution in [0.15, 0.2) is 76.0 Å². The number of carboxylic acid groups (broad SMARTS) is 1. The third-order valence-electron chi connectivity index (χ3n) is 5.85. The second-order valence-corrected chi connectivity index (χ2v) is 12.6. The Bertz CT molecular complexity index is 1740. The van der Waals surface area contributed by atoms with E-state index in [0.717, 1.165) is 11.1 Å². The molecule has 0 fully saturated rings. The van der Waals surface area contributed by atoms with Gasteiger partial charge in [-0.3, -0.25) is 14.9 Å². The minimum absolute atomic E-state index is 0.0583. The summed E-state index contributed by atoms with van der Waals surface area (Å²) in [5, 5.41) is 14.8. The number of anilines is 2. The van der Waals surface area contributed by atoms with Crippen molar-refractivity contribution < 1.29 is 37.1 Å². The molecule has 0 aliphatic carbocycles. The maximum absolute atomic E-state index is 13.1. The number of sulfonamides is 1. The summed E-state index contributed by atoms with van der Waals surface area (Å²) < 4.78 is 37.6. The number of ether oxygens (including phenoxy) is 1. The molecular weight excluding hydrogens is 586 g/mol. The topological polar surface area (TPSA) is 164 Å². The molecule has 0 unspecified atom stereocenters. The fraction of sp³-hybridized carbons (Fsp3) is 0.281. The third kappa shape index (κ3) is 8.91. The monoisotopic (exact) mass is 623 g/mol. The van der Waals surface area contributed by atoms with Crippen LogP contribution in [0.5, 0.6) is 0 Å². The molecule has 4 N–H and O–H groups in total. The molecule has 0 aliphatic heterocycles. The van der Waals surface area contributed by atoms with E-state index in [1.165, 1.54) is 18.6 Å². The first-order valence-corrected chi connectivity index (χ1v) is 15.4. The zero-order valence-electron chi connectivity index (χ0n) is 25.5. The Labute approximate surface area is 256 Å². The van der Waals surface area contributed by atoms with Gasteiger partial charge in [0.1, 0.15) is 17.7 Å². The number of fused-ring (bicyclic) bond motifs is 1. The first-order chi connectivity index (χ1) is 20.6. The second-order valence-electron chi connectivity index (χ2n) is 10.8. The zero-order valence-corrected chi connectivity index (χ0v) is 26.3. The van der Waals surface area contributed by atoms with Crippen molar-refractivity contribution >= 4 is 50.3 Å². The SMILES string of the molecule is CCC.Cc1c(C(=O)Nc2ccc(-c3ccc(S(=O)(=O)NCC(=O)O)cc3)cc2)oc2cccc(NC(=O)OC(C)(C)C)c12. The molecule has 0 bridgehead atoms. The van der Waals surface area contributed by atoms with E-state index in [2.05, 4.69) is 24.5 Å². The number of hydrogen-bond donors (Lipinski definition) is 4. The van der Waals surface area contributed by atoms with Crippen molar-refractivity contribution in [2.24, 2.45) is 0 Å². The van der Waals surface area contributed by atoms with Crippen LogP contribution in [-0.2, 0) is 19.6 Å². The number of hydrogen-bond acceptors (Lipinski definition) is 7. The van der Waals surface area contributed by atoms with Gasteiger partial charge in [-0.2, -0.15) is 4.72 Å². The Balaban J connectivity index is 0.00000169. The van der Waals surface area contributed by atoms with Crippen LogP contribution in [0.3, 0.4) is 0 Å². The van der Waals surface area contributed by atoms with Gasteiger partial charge >= 0.3 is 12.1 Å². The highest BCUT2D eigenvalue weighted by Crippen LogP contribution is 2.32. The summed E-state index contributed by atoms with van der Waals surface area (Å²) in [5.41, 5.74) is 2.76. The van der Waals surface area contributed by atoms with Crippen molar-refractivity contribution in [3.8, 4) is 11.1 Å². The lowest BCUT2D eigenvalue weighted by Crippen LogP contribution is -2.29. The van der Waals surface area contributed by atoms with Crippen LogP contribution in [0, 0.1) is 6.92 Å². The molecule has 3 aromatic carbocycles. The van der Waals surface area contributed by atoms with E-state index in [0.29, 0.717) is 27.9 Å². The molecule has 4 rings (SSSR count).